The molecule has 0 radical (unpaired) electrons. The van der Waals surface area contributed by atoms with Crippen molar-refractivity contribution in [1.29, 1.82) is 0 Å². The minimum atomic E-state index is -0.135. The lowest BCUT2D eigenvalue weighted by Crippen LogP contribution is -2.31. The van der Waals surface area contributed by atoms with Crippen LogP contribution in [0.25, 0.3) is 0 Å². The molecule has 6 nitrogen and oxygen atoms in total. The summed E-state index contributed by atoms with van der Waals surface area (Å²) in [5.41, 5.74) is 1.56. The normalized spacial score (nSPS) is 18.3. The topological polar surface area (TPSA) is 65.5 Å². The molecule has 2 amide bonds. The summed E-state index contributed by atoms with van der Waals surface area (Å²) in [5.74, 6) is 0.0996. The van der Waals surface area contributed by atoms with E-state index in [1.54, 1.807) is 6.20 Å². The number of aromatic nitrogens is 1. The number of hydrogen-bond acceptors (Lipinski definition) is 4. The number of hydrogen-bond donors (Lipinski definition) is 1. The minimum absolute atomic E-state index is 0.135. The summed E-state index contributed by atoms with van der Waals surface area (Å²) < 4.78 is 0. The number of carbonyl (C=O) groups is 2. The molecule has 3 heterocycles. The number of likely N-dealkylation sites (tertiary alicyclic amines) is 1. The van der Waals surface area contributed by atoms with Crippen LogP contribution in [0.3, 0.4) is 0 Å². The van der Waals surface area contributed by atoms with Crippen molar-refractivity contribution in [2.75, 3.05) is 37.6 Å². The highest BCUT2D eigenvalue weighted by atomic mass is 16.2. The van der Waals surface area contributed by atoms with E-state index in [2.05, 4.69) is 15.2 Å². The van der Waals surface area contributed by atoms with E-state index < -0.39 is 0 Å². The summed E-state index contributed by atoms with van der Waals surface area (Å²) in [7, 11) is 0. The number of rotatable bonds is 6. The van der Waals surface area contributed by atoms with Crippen LogP contribution in [0.2, 0.25) is 0 Å². The first-order chi connectivity index (χ1) is 12.2. The van der Waals surface area contributed by atoms with Crippen molar-refractivity contribution < 1.29 is 9.59 Å². The van der Waals surface area contributed by atoms with Crippen molar-refractivity contribution >= 4 is 17.5 Å². The van der Waals surface area contributed by atoms with Gasteiger partial charge in [-0.2, -0.15) is 0 Å². The molecule has 0 spiro atoms. The molecule has 0 atom stereocenters. The van der Waals surface area contributed by atoms with Crippen LogP contribution in [0, 0.1) is 0 Å². The molecular weight excluding hydrogens is 316 g/mol. The van der Waals surface area contributed by atoms with E-state index in [9.17, 15) is 9.59 Å². The fraction of sp³-hybridized carbons (Fsp3) is 0.632. The molecule has 6 heteroatoms. The van der Waals surface area contributed by atoms with Crippen LogP contribution in [-0.2, 0) is 4.79 Å². The molecule has 0 saturated carbocycles. The summed E-state index contributed by atoms with van der Waals surface area (Å²) in [6.45, 7) is 4.24. The molecule has 0 bridgehead atoms. The minimum Gasteiger partial charge on any atom is -0.371 e. The van der Waals surface area contributed by atoms with Gasteiger partial charge in [-0.25, -0.2) is 0 Å². The van der Waals surface area contributed by atoms with Gasteiger partial charge >= 0.3 is 0 Å². The van der Waals surface area contributed by atoms with Crippen LogP contribution in [0.15, 0.2) is 18.3 Å². The molecule has 136 valence electrons. The van der Waals surface area contributed by atoms with E-state index in [4.69, 9.17) is 0 Å². The first-order valence-electron chi connectivity index (χ1n) is 9.51. The lowest BCUT2D eigenvalue weighted by Gasteiger charge is -2.22. The molecule has 1 aromatic rings. The number of amides is 2. The molecule has 2 saturated heterocycles. The highest BCUT2D eigenvalue weighted by Crippen LogP contribution is 2.19. The molecule has 0 unspecified atom stereocenters. The van der Waals surface area contributed by atoms with Gasteiger partial charge in [0.1, 0.15) is 5.69 Å². The van der Waals surface area contributed by atoms with E-state index in [1.165, 1.54) is 25.7 Å². The summed E-state index contributed by atoms with van der Waals surface area (Å²) in [6, 6.07) is 3.88. The lowest BCUT2D eigenvalue weighted by atomic mass is 10.2. The van der Waals surface area contributed by atoms with Gasteiger partial charge in [0.05, 0.1) is 0 Å². The van der Waals surface area contributed by atoms with Crippen LogP contribution in [0.1, 0.15) is 55.4 Å². The molecule has 1 N–H and O–H groups in total. The number of carbonyl (C=O) groups excluding carboxylic acids is 2. The molecule has 25 heavy (non-hydrogen) atoms. The Labute approximate surface area is 149 Å². The standard InChI is InChI=1S/C19H28N4O2/c24-18-7-5-13-23(18)14-6-9-21-19(25)17-15-16(8-10-20-17)22-11-3-1-2-4-12-22/h8,10,15H,1-7,9,11-14H2,(H,21,25). The summed E-state index contributed by atoms with van der Waals surface area (Å²) >= 11 is 0. The number of pyridine rings is 1. The molecule has 3 rings (SSSR count). The second-order valence-electron chi connectivity index (χ2n) is 6.89. The predicted octanol–water partition coefficient (Wildman–Crippen LogP) is 2.20. The van der Waals surface area contributed by atoms with Crippen LogP contribution in [-0.4, -0.2) is 54.4 Å². The Hall–Kier alpha value is -2.11. The highest BCUT2D eigenvalue weighted by Gasteiger charge is 2.19. The number of nitrogens with one attached hydrogen (secondary N) is 1. The zero-order valence-electron chi connectivity index (χ0n) is 14.9. The quantitative estimate of drug-likeness (QED) is 0.804. The third-order valence-corrected chi connectivity index (χ3v) is 5.01. The van der Waals surface area contributed by atoms with E-state index >= 15 is 0 Å². The van der Waals surface area contributed by atoms with Gasteiger partial charge in [0.25, 0.3) is 5.91 Å². The first-order valence-corrected chi connectivity index (χ1v) is 9.51. The highest BCUT2D eigenvalue weighted by molar-refractivity contribution is 5.93. The molecule has 2 fully saturated rings. The maximum atomic E-state index is 12.3. The Morgan fingerprint density at radius 3 is 2.64 bits per heavy atom. The lowest BCUT2D eigenvalue weighted by molar-refractivity contribution is -0.127. The first kappa shape index (κ1) is 17.7. The van der Waals surface area contributed by atoms with E-state index in [0.29, 0.717) is 18.7 Å². The Morgan fingerprint density at radius 1 is 1.12 bits per heavy atom. The molecule has 0 aromatic carbocycles. The average molecular weight is 344 g/mol. The monoisotopic (exact) mass is 344 g/mol. The summed E-state index contributed by atoms with van der Waals surface area (Å²) in [6.07, 6.45) is 9.11. The Bertz CT molecular complexity index is 597. The predicted molar refractivity (Wildman–Crippen MR) is 97.7 cm³/mol. The van der Waals surface area contributed by atoms with Gasteiger partial charge < -0.3 is 15.1 Å². The second-order valence-corrected chi connectivity index (χ2v) is 6.89. The van der Waals surface area contributed by atoms with Gasteiger partial charge in [-0.15, -0.1) is 0 Å². The fourth-order valence-electron chi connectivity index (χ4n) is 3.57. The van der Waals surface area contributed by atoms with Crippen molar-refractivity contribution in [1.82, 2.24) is 15.2 Å². The Morgan fingerprint density at radius 2 is 1.92 bits per heavy atom. The third-order valence-electron chi connectivity index (χ3n) is 5.01. The van der Waals surface area contributed by atoms with Crippen LogP contribution < -0.4 is 10.2 Å². The molecule has 2 aliphatic heterocycles. The van der Waals surface area contributed by atoms with Crippen LogP contribution >= 0.6 is 0 Å². The second kappa shape index (κ2) is 8.83. The molecule has 1 aromatic heterocycles. The summed E-state index contributed by atoms with van der Waals surface area (Å²) in [4.78, 5) is 32.3. The van der Waals surface area contributed by atoms with Gasteiger partial charge in [-0.1, -0.05) is 12.8 Å². The summed E-state index contributed by atoms with van der Waals surface area (Å²) in [5, 5.41) is 2.92. The van der Waals surface area contributed by atoms with E-state index in [0.717, 1.165) is 44.7 Å². The average Bonchev–Trinajstić information content (AvgIpc) is 2.88. The van der Waals surface area contributed by atoms with Crippen molar-refractivity contribution in [3.8, 4) is 0 Å². The number of anilines is 1. The van der Waals surface area contributed by atoms with Gasteiger partial charge in [0.15, 0.2) is 0 Å². The molecule has 2 aliphatic rings. The SMILES string of the molecule is O=C(NCCCN1CCCC1=O)c1cc(N2CCCCCC2)ccn1. The van der Waals surface area contributed by atoms with E-state index in [1.807, 2.05) is 17.0 Å². The van der Waals surface area contributed by atoms with Crippen molar-refractivity contribution in [3.05, 3.63) is 24.0 Å². The van der Waals surface area contributed by atoms with Gasteiger partial charge in [0.2, 0.25) is 5.91 Å². The van der Waals surface area contributed by atoms with E-state index in [-0.39, 0.29) is 11.8 Å². The third kappa shape index (κ3) is 4.94. The Balaban J connectivity index is 1.48. The largest absolute Gasteiger partial charge is 0.371 e. The maximum absolute atomic E-state index is 12.3. The molecular formula is C19H28N4O2. The smallest absolute Gasteiger partial charge is 0.269 e. The Kier molecular flexibility index (Phi) is 6.25. The zero-order valence-corrected chi connectivity index (χ0v) is 14.9. The zero-order chi connectivity index (χ0) is 17.5. The van der Waals surface area contributed by atoms with Gasteiger partial charge in [-0.3, -0.25) is 14.6 Å². The van der Waals surface area contributed by atoms with Gasteiger partial charge in [-0.05, 0) is 37.8 Å². The van der Waals surface area contributed by atoms with Gasteiger partial charge in [0, 0.05) is 51.0 Å². The fourth-order valence-corrected chi connectivity index (χ4v) is 3.57. The van der Waals surface area contributed by atoms with Crippen LogP contribution in [0.4, 0.5) is 5.69 Å². The van der Waals surface area contributed by atoms with Crippen LogP contribution in [0.5, 0.6) is 0 Å². The molecule has 0 aliphatic carbocycles. The maximum Gasteiger partial charge on any atom is 0.269 e. The number of nitrogens with zero attached hydrogens (tertiary/aromatic N) is 3. The van der Waals surface area contributed by atoms with Crippen molar-refractivity contribution in [2.24, 2.45) is 0 Å². The van der Waals surface area contributed by atoms with Crippen molar-refractivity contribution in [3.63, 3.8) is 0 Å². The van der Waals surface area contributed by atoms with Crippen molar-refractivity contribution in [2.45, 2.75) is 44.9 Å².